The minimum atomic E-state index is 0.260. The van der Waals surface area contributed by atoms with E-state index in [9.17, 15) is 4.79 Å². The van der Waals surface area contributed by atoms with Crippen LogP contribution in [-0.4, -0.2) is 31.0 Å². The summed E-state index contributed by atoms with van der Waals surface area (Å²) in [4.78, 5) is 14.3. The van der Waals surface area contributed by atoms with E-state index in [4.69, 9.17) is 4.74 Å². The summed E-state index contributed by atoms with van der Waals surface area (Å²) in [5.74, 6) is 1.58. The van der Waals surface area contributed by atoms with E-state index >= 15 is 0 Å². The summed E-state index contributed by atoms with van der Waals surface area (Å²) >= 11 is 0. The molecule has 114 valence electrons. The number of carbonyl (C=O) groups excluding carboxylic acids is 1. The molecule has 3 nitrogen and oxygen atoms in total. The van der Waals surface area contributed by atoms with Crippen LogP contribution in [0.2, 0.25) is 0 Å². The highest BCUT2D eigenvalue weighted by molar-refractivity contribution is 5.76. The Labute approximate surface area is 127 Å². The first-order valence-corrected chi connectivity index (χ1v) is 7.77. The van der Waals surface area contributed by atoms with Crippen LogP contribution in [0.25, 0.3) is 0 Å². The molecule has 1 aliphatic rings. The van der Waals surface area contributed by atoms with Gasteiger partial charge >= 0.3 is 0 Å². The summed E-state index contributed by atoms with van der Waals surface area (Å²) in [6.07, 6.45) is 6.60. The molecule has 0 aliphatic carbocycles. The van der Waals surface area contributed by atoms with E-state index < -0.39 is 0 Å². The lowest BCUT2D eigenvalue weighted by Gasteiger charge is -2.25. The first-order valence-electron chi connectivity index (χ1n) is 7.77. The zero-order valence-corrected chi connectivity index (χ0v) is 12.9. The highest BCUT2D eigenvalue weighted by Crippen LogP contribution is 2.28. The highest BCUT2D eigenvalue weighted by atomic mass is 16.5. The van der Waals surface area contributed by atoms with Gasteiger partial charge in [0.15, 0.2) is 0 Å². The largest absolute Gasteiger partial charge is 0.497 e. The number of carbonyl (C=O) groups is 1. The Hall–Kier alpha value is -1.77. The van der Waals surface area contributed by atoms with Crippen LogP contribution in [0.4, 0.5) is 0 Å². The molecular formula is C18H25NO2. The molecule has 0 aromatic heterocycles. The summed E-state index contributed by atoms with van der Waals surface area (Å²) in [5.41, 5.74) is 1.30. The molecule has 0 saturated carbocycles. The average molecular weight is 287 g/mol. The van der Waals surface area contributed by atoms with Gasteiger partial charge in [0, 0.05) is 25.4 Å². The van der Waals surface area contributed by atoms with Crippen LogP contribution in [0.1, 0.15) is 43.6 Å². The van der Waals surface area contributed by atoms with E-state index in [0.717, 1.165) is 38.1 Å². The van der Waals surface area contributed by atoms with Crippen LogP contribution in [0.15, 0.2) is 36.9 Å². The Bertz CT molecular complexity index is 467. The smallest absolute Gasteiger partial charge is 0.222 e. The van der Waals surface area contributed by atoms with E-state index in [2.05, 4.69) is 18.7 Å². The second-order valence-electron chi connectivity index (χ2n) is 5.63. The zero-order valence-electron chi connectivity index (χ0n) is 12.9. The number of benzene rings is 1. The maximum Gasteiger partial charge on any atom is 0.222 e. The van der Waals surface area contributed by atoms with Crippen molar-refractivity contribution in [3.63, 3.8) is 0 Å². The maximum absolute atomic E-state index is 12.2. The van der Waals surface area contributed by atoms with Crippen LogP contribution in [0.3, 0.4) is 0 Å². The summed E-state index contributed by atoms with van der Waals surface area (Å²) in [6.45, 7) is 5.42. The fourth-order valence-electron chi connectivity index (χ4n) is 2.90. The third-order valence-electron chi connectivity index (χ3n) is 4.17. The molecule has 1 aromatic rings. The Morgan fingerprint density at radius 2 is 2.14 bits per heavy atom. The van der Waals surface area contributed by atoms with Crippen LogP contribution in [0, 0.1) is 0 Å². The van der Waals surface area contributed by atoms with Crippen molar-refractivity contribution in [2.45, 2.75) is 38.0 Å². The van der Waals surface area contributed by atoms with Gasteiger partial charge in [0.1, 0.15) is 5.75 Å². The van der Waals surface area contributed by atoms with Gasteiger partial charge in [-0.1, -0.05) is 24.6 Å². The summed E-state index contributed by atoms with van der Waals surface area (Å²) in [7, 11) is 1.68. The lowest BCUT2D eigenvalue weighted by Crippen LogP contribution is -2.33. The van der Waals surface area contributed by atoms with Gasteiger partial charge in [-0.25, -0.2) is 0 Å². The van der Waals surface area contributed by atoms with Gasteiger partial charge in [-0.2, -0.15) is 0 Å². The molecule has 1 amide bonds. The van der Waals surface area contributed by atoms with Gasteiger partial charge in [-0.05, 0) is 37.0 Å². The molecule has 2 rings (SSSR count). The molecule has 21 heavy (non-hydrogen) atoms. The predicted octanol–water partition coefficient (Wildman–Crippen LogP) is 3.76. The molecule has 0 N–H and O–H groups in total. The molecule has 0 bridgehead atoms. The number of ether oxygens (including phenoxy) is 1. The van der Waals surface area contributed by atoms with Gasteiger partial charge < -0.3 is 9.64 Å². The summed E-state index contributed by atoms with van der Waals surface area (Å²) in [6, 6.07) is 8.26. The number of hydrogen-bond acceptors (Lipinski definition) is 2. The number of amides is 1. The number of likely N-dealkylation sites (tertiary alicyclic amines) is 1. The maximum atomic E-state index is 12.2. The monoisotopic (exact) mass is 287 g/mol. The molecule has 1 saturated heterocycles. The lowest BCUT2D eigenvalue weighted by molar-refractivity contribution is -0.131. The SMILES string of the molecule is C=CCCC(=O)N1CCCC[C@@H](c2ccc(OC)cc2)C1. The Kier molecular flexibility index (Phi) is 5.85. The van der Waals surface area contributed by atoms with E-state index in [0.29, 0.717) is 12.3 Å². The Morgan fingerprint density at radius 1 is 1.38 bits per heavy atom. The van der Waals surface area contributed by atoms with Crippen LogP contribution < -0.4 is 4.74 Å². The molecule has 0 radical (unpaired) electrons. The second kappa shape index (κ2) is 7.87. The van der Waals surface area contributed by atoms with Crippen LogP contribution in [-0.2, 0) is 4.79 Å². The highest BCUT2D eigenvalue weighted by Gasteiger charge is 2.22. The van der Waals surface area contributed by atoms with Crippen LogP contribution >= 0.6 is 0 Å². The number of rotatable bonds is 5. The minimum Gasteiger partial charge on any atom is -0.497 e. The van der Waals surface area contributed by atoms with E-state index in [1.165, 1.54) is 12.0 Å². The molecule has 1 aromatic carbocycles. The topological polar surface area (TPSA) is 29.5 Å². The molecule has 3 heteroatoms. The molecule has 0 unspecified atom stereocenters. The second-order valence-corrected chi connectivity index (χ2v) is 5.63. The first-order chi connectivity index (χ1) is 10.2. The number of allylic oxidation sites excluding steroid dienone is 1. The number of methoxy groups -OCH3 is 1. The molecule has 1 atom stereocenters. The van der Waals surface area contributed by atoms with Crippen molar-refractivity contribution in [1.29, 1.82) is 0 Å². The normalized spacial score (nSPS) is 18.9. The van der Waals surface area contributed by atoms with Gasteiger partial charge in [0.05, 0.1) is 7.11 Å². The first kappa shape index (κ1) is 15.6. The van der Waals surface area contributed by atoms with Gasteiger partial charge in [-0.3, -0.25) is 4.79 Å². The zero-order chi connectivity index (χ0) is 15.1. The van der Waals surface area contributed by atoms with E-state index in [1.807, 2.05) is 23.1 Å². The van der Waals surface area contributed by atoms with Gasteiger partial charge in [0.25, 0.3) is 0 Å². The van der Waals surface area contributed by atoms with Crippen molar-refractivity contribution in [2.24, 2.45) is 0 Å². The average Bonchev–Trinajstić information content (AvgIpc) is 2.79. The third-order valence-corrected chi connectivity index (χ3v) is 4.17. The van der Waals surface area contributed by atoms with E-state index in [1.54, 1.807) is 7.11 Å². The van der Waals surface area contributed by atoms with Crippen molar-refractivity contribution in [2.75, 3.05) is 20.2 Å². The lowest BCUT2D eigenvalue weighted by atomic mass is 9.94. The van der Waals surface area contributed by atoms with Crippen LogP contribution in [0.5, 0.6) is 5.75 Å². The molecule has 1 heterocycles. The Morgan fingerprint density at radius 3 is 2.81 bits per heavy atom. The van der Waals surface area contributed by atoms with Crippen molar-refractivity contribution >= 4 is 5.91 Å². The third kappa shape index (κ3) is 4.35. The predicted molar refractivity (Wildman–Crippen MR) is 85.6 cm³/mol. The molecule has 1 aliphatic heterocycles. The van der Waals surface area contributed by atoms with Crippen molar-refractivity contribution in [3.05, 3.63) is 42.5 Å². The van der Waals surface area contributed by atoms with E-state index in [-0.39, 0.29) is 5.91 Å². The summed E-state index contributed by atoms with van der Waals surface area (Å²) in [5, 5.41) is 0. The molecule has 0 spiro atoms. The quantitative estimate of drug-likeness (QED) is 0.772. The van der Waals surface area contributed by atoms with Crippen molar-refractivity contribution in [3.8, 4) is 5.75 Å². The molecule has 1 fully saturated rings. The summed E-state index contributed by atoms with van der Waals surface area (Å²) < 4.78 is 5.21. The standard InChI is InChI=1S/C18H25NO2/c1-3-4-8-18(20)19-13-6-5-7-16(14-19)15-9-11-17(21-2)12-10-15/h3,9-12,16H,1,4-8,13-14H2,2H3/t16-/m1/s1. The van der Waals surface area contributed by atoms with Gasteiger partial charge in [0.2, 0.25) is 5.91 Å². The fourth-order valence-corrected chi connectivity index (χ4v) is 2.90. The van der Waals surface area contributed by atoms with Crippen molar-refractivity contribution in [1.82, 2.24) is 4.90 Å². The number of hydrogen-bond donors (Lipinski definition) is 0. The Balaban J connectivity index is 2.04. The fraction of sp³-hybridized carbons (Fsp3) is 0.500. The van der Waals surface area contributed by atoms with Crippen molar-refractivity contribution < 1.29 is 9.53 Å². The number of nitrogens with zero attached hydrogens (tertiary/aromatic N) is 1. The molecular weight excluding hydrogens is 262 g/mol. The minimum absolute atomic E-state index is 0.260. The van der Waals surface area contributed by atoms with Gasteiger partial charge in [-0.15, -0.1) is 6.58 Å².